The van der Waals surface area contributed by atoms with Gasteiger partial charge in [0.15, 0.2) is 0 Å². The molecule has 2 aromatic carbocycles. The lowest BCUT2D eigenvalue weighted by atomic mass is 10.0. The highest BCUT2D eigenvalue weighted by atomic mass is 16.6. The van der Waals surface area contributed by atoms with Crippen LogP contribution in [0.25, 0.3) is 6.08 Å². The standard InChI is InChI=1S/C19H19N3O6/c1-12(2)14-7-4-13(5-8-14)6-9-18(23)20-15-10-16(21(24)25)19(28-3)17(11-15)22(26)27/h4-12H,1-3H3,(H,20,23)/b9-6+. The predicted octanol–water partition coefficient (Wildman–Crippen LogP) is 4.29. The molecule has 2 aromatic rings. The van der Waals surface area contributed by atoms with E-state index in [2.05, 4.69) is 19.2 Å². The summed E-state index contributed by atoms with van der Waals surface area (Å²) < 4.78 is 4.78. The highest BCUT2D eigenvalue weighted by molar-refractivity contribution is 6.02. The smallest absolute Gasteiger partial charge is 0.320 e. The Bertz CT molecular complexity index is 900. The average molecular weight is 385 g/mol. The second kappa shape index (κ2) is 8.76. The number of anilines is 1. The number of nitrogens with one attached hydrogen (secondary N) is 1. The predicted molar refractivity (Wildman–Crippen MR) is 104 cm³/mol. The Hall–Kier alpha value is -3.75. The molecule has 1 N–H and O–H groups in total. The summed E-state index contributed by atoms with van der Waals surface area (Å²) in [7, 11) is 1.10. The first kappa shape index (κ1) is 20.6. The van der Waals surface area contributed by atoms with Gasteiger partial charge >= 0.3 is 11.4 Å². The summed E-state index contributed by atoms with van der Waals surface area (Å²) in [5.74, 6) is -0.668. The van der Waals surface area contributed by atoms with Crippen LogP contribution in [0.15, 0.2) is 42.5 Å². The number of carbonyl (C=O) groups excluding carboxylic acids is 1. The van der Waals surface area contributed by atoms with E-state index in [4.69, 9.17) is 4.74 Å². The van der Waals surface area contributed by atoms with Crippen LogP contribution in [0, 0.1) is 20.2 Å². The lowest BCUT2D eigenvalue weighted by Crippen LogP contribution is -2.09. The molecule has 28 heavy (non-hydrogen) atoms. The van der Waals surface area contributed by atoms with Gasteiger partial charge in [0.2, 0.25) is 5.91 Å². The molecule has 0 atom stereocenters. The van der Waals surface area contributed by atoms with E-state index in [-0.39, 0.29) is 5.69 Å². The third-order valence-corrected chi connectivity index (χ3v) is 3.95. The Labute approximate surface area is 160 Å². The van der Waals surface area contributed by atoms with Crippen molar-refractivity contribution in [3.63, 3.8) is 0 Å². The van der Waals surface area contributed by atoms with E-state index in [1.54, 1.807) is 6.08 Å². The molecule has 1 amide bonds. The van der Waals surface area contributed by atoms with Crippen LogP contribution in [0.2, 0.25) is 0 Å². The summed E-state index contributed by atoms with van der Waals surface area (Å²) in [6, 6.07) is 9.66. The number of ether oxygens (including phenoxy) is 1. The van der Waals surface area contributed by atoms with E-state index < -0.39 is 32.9 Å². The summed E-state index contributed by atoms with van der Waals surface area (Å²) in [5, 5.41) is 24.7. The average Bonchev–Trinajstić information content (AvgIpc) is 2.65. The second-order valence-electron chi connectivity index (χ2n) is 6.21. The molecule has 146 valence electrons. The van der Waals surface area contributed by atoms with Crippen LogP contribution in [-0.4, -0.2) is 22.9 Å². The number of rotatable bonds is 7. The Morgan fingerprint density at radius 1 is 1.07 bits per heavy atom. The van der Waals surface area contributed by atoms with Crippen molar-refractivity contribution in [1.82, 2.24) is 0 Å². The van der Waals surface area contributed by atoms with E-state index in [9.17, 15) is 25.0 Å². The summed E-state index contributed by atoms with van der Waals surface area (Å²) in [4.78, 5) is 32.8. The lowest BCUT2D eigenvalue weighted by molar-refractivity contribution is -0.395. The van der Waals surface area contributed by atoms with Gasteiger partial charge in [-0.15, -0.1) is 0 Å². The first-order valence-electron chi connectivity index (χ1n) is 8.32. The van der Waals surface area contributed by atoms with Crippen LogP contribution in [-0.2, 0) is 4.79 Å². The summed E-state index contributed by atoms with van der Waals surface area (Å²) in [6.07, 6.45) is 2.82. The van der Waals surface area contributed by atoms with E-state index in [0.29, 0.717) is 5.92 Å². The van der Waals surface area contributed by atoms with Gasteiger partial charge in [-0.05, 0) is 23.1 Å². The maximum atomic E-state index is 12.1. The first-order chi connectivity index (χ1) is 13.2. The summed E-state index contributed by atoms with van der Waals surface area (Å²) in [6.45, 7) is 4.15. The molecule has 0 saturated heterocycles. The van der Waals surface area contributed by atoms with Crippen molar-refractivity contribution in [3.05, 3.63) is 73.8 Å². The van der Waals surface area contributed by atoms with E-state index in [1.165, 1.54) is 11.6 Å². The molecular formula is C19H19N3O6. The maximum absolute atomic E-state index is 12.1. The molecule has 0 spiro atoms. The van der Waals surface area contributed by atoms with E-state index in [1.807, 2.05) is 24.3 Å². The lowest BCUT2D eigenvalue weighted by Gasteiger charge is -2.07. The zero-order valence-corrected chi connectivity index (χ0v) is 15.5. The van der Waals surface area contributed by atoms with Crippen LogP contribution in [0.3, 0.4) is 0 Å². The van der Waals surface area contributed by atoms with Crippen LogP contribution in [0.5, 0.6) is 5.75 Å². The molecule has 0 aromatic heterocycles. The van der Waals surface area contributed by atoms with Gasteiger partial charge in [0.25, 0.3) is 5.75 Å². The van der Waals surface area contributed by atoms with Crippen molar-refractivity contribution in [3.8, 4) is 5.75 Å². The number of nitro groups is 2. The SMILES string of the molecule is COc1c([N+](=O)[O-])cc(NC(=O)/C=C/c2ccc(C(C)C)cc2)cc1[N+](=O)[O-]. The molecule has 0 aliphatic carbocycles. The van der Waals surface area contributed by atoms with Crippen LogP contribution in [0.4, 0.5) is 17.1 Å². The highest BCUT2D eigenvalue weighted by Gasteiger charge is 2.28. The van der Waals surface area contributed by atoms with E-state index >= 15 is 0 Å². The van der Waals surface area contributed by atoms with E-state index in [0.717, 1.165) is 24.8 Å². The normalized spacial score (nSPS) is 10.9. The summed E-state index contributed by atoms with van der Waals surface area (Å²) >= 11 is 0. The van der Waals surface area contributed by atoms with Crippen molar-refractivity contribution in [2.24, 2.45) is 0 Å². The quantitative estimate of drug-likeness (QED) is 0.431. The minimum Gasteiger partial charge on any atom is -0.485 e. The highest BCUT2D eigenvalue weighted by Crippen LogP contribution is 2.39. The number of nitro benzene ring substituents is 2. The van der Waals surface area contributed by atoms with Gasteiger partial charge in [-0.1, -0.05) is 38.1 Å². The molecule has 9 nitrogen and oxygen atoms in total. The zero-order chi connectivity index (χ0) is 20.8. The third kappa shape index (κ3) is 4.91. The van der Waals surface area contributed by atoms with Gasteiger partial charge in [-0.3, -0.25) is 25.0 Å². The largest absolute Gasteiger partial charge is 0.485 e. The number of nitrogens with zero attached hydrogens (tertiary/aromatic N) is 2. The van der Waals surface area contributed by atoms with Crippen LogP contribution < -0.4 is 10.1 Å². The molecule has 0 heterocycles. The Morgan fingerprint density at radius 2 is 1.61 bits per heavy atom. The number of methoxy groups -OCH3 is 1. The monoisotopic (exact) mass is 385 g/mol. The van der Waals surface area contributed by atoms with Gasteiger partial charge < -0.3 is 10.1 Å². The second-order valence-corrected chi connectivity index (χ2v) is 6.21. The Balaban J connectivity index is 2.23. The number of amides is 1. The molecule has 0 fully saturated rings. The minimum atomic E-state index is -0.812. The molecule has 0 saturated carbocycles. The molecule has 0 aliphatic heterocycles. The fourth-order valence-electron chi connectivity index (χ4n) is 2.50. The van der Waals surface area contributed by atoms with Gasteiger partial charge in [0, 0.05) is 18.2 Å². The maximum Gasteiger partial charge on any atom is 0.320 e. The summed E-state index contributed by atoms with van der Waals surface area (Å²) in [5.41, 5.74) is 0.662. The van der Waals surface area contributed by atoms with Gasteiger partial charge in [-0.2, -0.15) is 0 Å². The van der Waals surface area contributed by atoms with Crippen LogP contribution >= 0.6 is 0 Å². The molecule has 0 aliphatic rings. The van der Waals surface area contributed by atoms with Crippen molar-refractivity contribution in [1.29, 1.82) is 0 Å². The minimum absolute atomic E-state index is 0.0796. The first-order valence-corrected chi connectivity index (χ1v) is 8.32. The van der Waals surface area contributed by atoms with Crippen molar-refractivity contribution < 1.29 is 19.4 Å². The topological polar surface area (TPSA) is 125 Å². The van der Waals surface area contributed by atoms with Crippen molar-refractivity contribution >= 4 is 29.0 Å². The fourth-order valence-corrected chi connectivity index (χ4v) is 2.50. The number of benzene rings is 2. The molecule has 2 rings (SSSR count). The molecule has 9 heteroatoms. The molecular weight excluding hydrogens is 366 g/mol. The van der Waals surface area contributed by atoms with Crippen molar-refractivity contribution in [2.45, 2.75) is 19.8 Å². The van der Waals surface area contributed by atoms with Gasteiger partial charge in [-0.25, -0.2) is 0 Å². The number of hydrogen-bond acceptors (Lipinski definition) is 6. The van der Waals surface area contributed by atoms with Gasteiger partial charge in [0.05, 0.1) is 22.6 Å². The molecule has 0 radical (unpaired) electrons. The van der Waals surface area contributed by atoms with Gasteiger partial charge in [0.1, 0.15) is 0 Å². The Morgan fingerprint density at radius 3 is 2.04 bits per heavy atom. The third-order valence-electron chi connectivity index (χ3n) is 3.95. The van der Waals surface area contributed by atoms with Crippen LogP contribution in [0.1, 0.15) is 30.9 Å². The van der Waals surface area contributed by atoms with Crippen molar-refractivity contribution in [2.75, 3.05) is 12.4 Å². The molecule has 0 unspecified atom stereocenters. The molecule has 0 bridgehead atoms. The number of hydrogen-bond donors (Lipinski definition) is 1. The number of carbonyl (C=O) groups is 1. The fraction of sp³-hybridized carbons (Fsp3) is 0.211. The zero-order valence-electron chi connectivity index (χ0n) is 15.5. The Kier molecular flexibility index (Phi) is 6.43.